The summed E-state index contributed by atoms with van der Waals surface area (Å²) >= 11 is 11.9. The normalized spacial score (nSPS) is 15.4. The van der Waals surface area contributed by atoms with Crippen LogP contribution in [0.4, 0.5) is 44.1 Å². The van der Waals surface area contributed by atoms with Crippen LogP contribution in [0.15, 0.2) is 85.7 Å². The van der Waals surface area contributed by atoms with Crippen molar-refractivity contribution in [2.75, 3.05) is 31.9 Å². The van der Waals surface area contributed by atoms with Crippen molar-refractivity contribution in [2.45, 2.75) is 173 Å². The zero-order valence-electron chi connectivity index (χ0n) is 50.7. The van der Waals surface area contributed by atoms with E-state index in [0.29, 0.717) is 119 Å². The molecule has 0 amide bonds. The molecular formula is C63H74Cl2F2N18O6. The smallest absolute Gasteiger partial charge is 0.326 e. The fraction of sp³-hybridized carbons (Fsp3) is 0.429. The average Bonchev–Trinajstić information content (AvgIpc) is 1.77. The molecule has 3 atom stereocenters. The van der Waals surface area contributed by atoms with E-state index in [4.69, 9.17) is 23.2 Å². The van der Waals surface area contributed by atoms with Crippen molar-refractivity contribution in [3.8, 4) is 0 Å². The van der Waals surface area contributed by atoms with Gasteiger partial charge in [0.25, 0.3) is 0 Å². The van der Waals surface area contributed by atoms with Crippen molar-refractivity contribution in [2.24, 2.45) is 0 Å². The minimum absolute atomic E-state index is 0.0641. The van der Waals surface area contributed by atoms with Crippen molar-refractivity contribution < 1.29 is 38.5 Å². The van der Waals surface area contributed by atoms with Crippen molar-refractivity contribution in [3.05, 3.63) is 124 Å². The summed E-state index contributed by atoms with van der Waals surface area (Å²) in [6.45, 7) is 6.54. The molecule has 3 aliphatic rings. The third kappa shape index (κ3) is 16.1. The number of fused-ring (bicyclic) bond motifs is 3. The molecule has 3 saturated carbocycles. The number of anilines is 6. The van der Waals surface area contributed by atoms with Crippen LogP contribution in [0, 0.1) is 11.6 Å². The minimum atomic E-state index is -0.971. The first-order valence-corrected chi connectivity index (χ1v) is 31.7. The molecule has 24 nitrogen and oxygen atoms in total. The maximum atomic E-state index is 13.8. The lowest BCUT2D eigenvalue weighted by Crippen LogP contribution is -2.29. The van der Waals surface area contributed by atoms with Crippen molar-refractivity contribution in [1.82, 2.24) is 58.6 Å². The Morgan fingerprint density at radius 3 is 1.18 bits per heavy atom. The Morgan fingerprint density at radius 2 is 0.846 bits per heavy atom. The lowest BCUT2D eigenvalue weighted by molar-refractivity contribution is -0.138. The topological polar surface area (TPSA) is 315 Å². The molecule has 3 fully saturated rings. The molecule has 6 aromatic heterocycles. The van der Waals surface area contributed by atoms with E-state index in [2.05, 4.69) is 85.9 Å². The van der Waals surface area contributed by atoms with E-state index in [1.807, 2.05) is 48.1 Å². The summed E-state index contributed by atoms with van der Waals surface area (Å²) in [5.74, 6) is -1.41. The van der Waals surface area contributed by atoms with Gasteiger partial charge in [0.05, 0.1) is 24.0 Å². The zero-order chi connectivity index (χ0) is 64.1. The number of carbonyl (C=O) groups is 3. The van der Waals surface area contributed by atoms with Crippen LogP contribution < -0.4 is 31.9 Å². The Bertz CT molecular complexity index is 3830. The quantitative estimate of drug-likeness (QED) is 0.0271. The first-order valence-electron chi connectivity index (χ1n) is 30.9. The van der Waals surface area contributed by atoms with Crippen molar-refractivity contribution >= 4 is 110 Å². The van der Waals surface area contributed by atoms with Gasteiger partial charge in [-0.1, -0.05) is 113 Å². The summed E-state index contributed by atoms with van der Waals surface area (Å²) in [5.41, 5.74) is 6.39. The van der Waals surface area contributed by atoms with Gasteiger partial charge in [0, 0.05) is 42.8 Å². The largest absolute Gasteiger partial charge is 0.480 e. The number of aromatic nitrogens is 12. The maximum absolute atomic E-state index is 13.8. The molecule has 0 saturated heterocycles. The number of hydrogen-bond donors (Lipinski definition) is 9. The molecule has 3 aliphatic carbocycles. The first-order chi connectivity index (χ1) is 44.0. The van der Waals surface area contributed by atoms with Crippen LogP contribution in [0.1, 0.15) is 152 Å². The van der Waals surface area contributed by atoms with Gasteiger partial charge in [0.2, 0.25) is 17.8 Å². The predicted octanol–water partition coefficient (Wildman–Crippen LogP) is 13.1. The lowest BCUT2D eigenvalue weighted by atomic mass is 10.2. The third-order valence-corrected chi connectivity index (χ3v) is 17.1. The molecule has 9 aromatic rings. The molecule has 0 radical (unpaired) electrons. The molecule has 12 rings (SSSR count). The van der Waals surface area contributed by atoms with Crippen LogP contribution in [-0.2, 0) is 34.0 Å². The van der Waals surface area contributed by atoms with Gasteiger partial charge >= 0.3 is 17.9 Å². The molecule has 3 aromatic carbocycles. The van der Waals surface area contributed by atoms with Gasteiger partial charge in [-0.3, -0.25) is 0 Å². The monoisotopic (exact) mass is 1290 g/mol. The fourth-order valence-corrected chi connectivity index (χ4v) is 12.0. The molecule has 91 heavy (non-hydrogen) atoms. The van der Waals surface area contributed by atoms with Gasteiger partial charge in [-0.15, -0.1) is 0 Å². The van der Waals surface area contributed by atoms with E-state index in [9.17, 15) is 38.5 Å². The van der Waals surface area contributed by atoms with E-state index in [0.717, 1.165) is 62.5 Å². The second kappa shape index (κ2) is 30.2. The standard InChI is InChI=1S/C21H24ClFN6O2.C21H25ClN6O2.C21H25FN6O2/c1-2-16(20(30)31)26-21-27-18(24-10-12-7-8-14(22)15(23)9-12)17-19(28-21)29(11-25-17)13-5-3-4-6-13;2*1-2-16(20(29)30)25-21-26-18(23-11-13-6-5-7-14(22)10-13)17-19(27-21)28(12-24-17)15-8-3-4-9-15/h7-9,11,13,16H,2-6,10H2,1H3,(H,30,31)(H2,24,26,27,28);2*5-7,10,12,15-16H,2-4,8-9,11H2,1H3,(H,29,30)(H2,23,25,26,27)/t3*16-/m111/s1. The Balaban J connectivity index is 0.000000150. The summed E-state index contributed by atoms with van der Waals surface area (Å²) in [6.07, 6.45) is 20.0. The predicted molar refractivity (Wildman–Crippen MR) is 346 cm³/mol. The SMILES string of the molecule is CC[C@@H](Nc1nc(NCc2ccc(Cl)c(F)c2)c2ncn(C3CCCC3)c2n1)C(=O)O.CC[C@@H](Nc1nc(NCc2cccc(Cl)c2)c2ncn(C3CCCC3)c2n1)C(=O)O.CC[C@@H](Nc1nc(NCc2cccc(F)c2)c2ncn(C3CCCC3)c2n1)C(=O)O. The highest BCUT2D eigenvalue weighted by molar-refractivity contribution is 6.31. The van der Waals surface area contributed by atoms with Crippen LogP contribution >= 0.6 is 23.2 Å². The van der Waals surface area contributed by atoms with E-state index in [1.54, 1.807) is 38.6 Å². The summed E-state index contributed by atoms with van der Waals surface area (Å²) in [4.78, 5) is 75.4. The number of benzene rings is 3. The molecule has 0 spiro atoms. The van der Waals surface area contributed by atoms with Crippen LogP contribution in [0.3, 0.4) is 0 Å². The number of rotatable bonds is 24. The van der Waals surface area contributed by atoms with Gasteiger partial charge < -0.3 is 60.9 Å². The third-order valence-electron chi connectivity index (χ3n) is 16.6. The van der Waals surface area contributed by atoms with E-state index in [1.165, 1.54) is 49.9 Å². The van der Waals surface area contributed by atoms with Gasteiger partial charge in [-0.2, -0.15) is 29.9 Å². The fourth-order valence-electron chi connectivity index (χ4n) is 11.6. The van der Waals surface area contributed by atoms with Crippen LogP contribution in [0.5, 0.6) is 0 Å². The number of halogens is 4. The number of carboxylic acids is 3. The molecule has 480 valence electrons. The zero-order valence-corrected chi connectivity index (χ0v) is 52.2. The second-order valence-corrected chi connectivity index (χ2v) is 23.7. The molecule has 0 unspecified atom stereocenters. The first kappa shape index (κ1) is 64.9. The highest BCUT2D eigenvalue weighted by atomic mass is 35.5. The molecule has 0 bridgehead atoms. The molecule has 28 heteroatoms. The number of imidazole rings is 3. The minimum Gasteiger partial charge on any atom is -0.480 e. The van der Waals surface area contributed by atoms with E-state index in [-0.39, 0.29) is 28.7 Å². The molecule has 0 aliphatic heterocycles. The molecular weight excluding hydrogens is 1210 g/mol. The van der Waals surface area contributed by atoms with E-state index >= 15 is 0 Å². The Morgan fingerprint density at radius 1 is 0.495 bits per heavy atom. The van der Waals surface area contributed by atoms with Crippen LogP contribution in [-0.4, -0.2) is 110 Å². The Labute approximate surface area is 533 Å². The molecule has 9 N–H and O–H groups in total. The van der Waals surface area contributed by atoms with Crippen LogP contribution in [0.25, 0.3) is 33.5 Å². The van der Waals surface area contributed by atoms with Gasteiger partial charge in [-0.25, -0.2) is 38.1 Å². The summed E-state index contributed by atoms with van der Waals surface area (Å²) in [6, 6.07) is 17.2. The number of carboxylic acid groups (broad SMARTS) is 3. The summed E-state index contributed by atoms with van der Waals surface area (Å²) in [5, 5.41) is 47.5. The van der Waals surface area contributed by atoms with Gasteiger partial charge in [-0.05, 0) is 111 Å². The highest BCUT2D eigenvalue weighted by Gasteiger charge is 2.28. The van der Waals surface area contributed by atoms with Gasteiger partial charge in [0.1, 0.15) is 29.8 Å². The summed E-state index contributed by atoms with van der Waals surface area (Å²) < 4.78 is 33.5. The van der Waals surface area contributed by atoms with Crippen molar-refractivity contribution in [3.63, 3.8) is 0 Å². The number of nitrogens with one attached hydrogen (secondary N) is 6. The molecule has 6 heterocycles. The Hall–Kier alpha value is -9.04. The number of nitrogens with zero attached hydrogens (tertiary/aromatic N) is 12. The summed E-state index contributed by atoms with van der Waals surface area (Å²) in [7, 11) is 0. The number of hydrogen-bond acceptors (Lipinski definition) is 18. The highest BCUT2D eigenvalue weighted by Crippen LogP contribution is 2.37. The van der Waals surface area contributed by atoms with Crippen LogP contribution in [0.2, 0.25) is 10.0 Å². The average molecular weight is 1290 g/mol. The van der Waals surface area contributed by atoms with Crippen molar-refractivity contribution in [1.29, 1.82) is 0 Å². The maximum Gasteiger partial charge on any atom is 0.326 e. The Kier molecular flexibility index (Phi) is 21.5. The number of aliphatic carboxylic acids is 3. The second-order valence-electron chi connectivity index (χ2n) is 22.9. The van der Waals surface area contributed by atoms with Gasteiger partial charge in [0.15, 0.2) is 50.9 Å². The lowest BCUT2D eigenvalue weighted by Gasteiger charge is -2.16. The van der Waals surface area contributed by atoms with E-state index < -0.39 is 41.9 Å².